The summed E-state index contributed by atoms with van der Waals surface area (Å²) in [4.78, 5) is 12.0. The number of aryl methyl sites for hydroxylation is 2. The first-order valence-electron chi connectivity index (χ1n) is 7.35. The summed E-state index contributed by atoms with van der Waals surface area (Å²) in [6.45, 7) is 4.06. The Morgan fingerprint density at radius 2 is 2.04 bits per heavy atom. The minimum atomic E-state index is -0.185. The van der Waals surface area contributed by atoms with Crippen LogP contribution in [-0.2, 0) is 11.2 Å². The van der Waals surface area contributed by atoms with E-state index in [4.69, 9.17) is 4.74 Å². The van der Waals surface area contributed by atoms with Gasteiger partial charge in [0.15, 0.2) is 11.5 Å². The third-order valence-corrected chi connectivity index (χ3v) is 4.43. The van der Waals surface area contributed by atoms with Gasteiger partial charge in [0.2, 0.25) is 5.91 Å². The van der Waals surface area contributed by atoms with Crippen molar-refractivity contribution in [3.05, 3.63) is 56.2 Å². The minimum Gasteiger partial charge on any atom is -0.504 e. The lowest BCUT2D eigenvalue weighted by Gasteiger charge is -2.06. The number of ether oxygens (including phenoxy) is 1. The minimum absolute atomic E-state index is 0.0917. The number of phenols is 1. The molecular formula is C18H19IN2O3. The van der Waals surface area contributed by atoms with Gasteiger partial charge in [-0.15, -0.1) is 0 Å². The van der Waals surface area contributed by atoms with Gasteiger partial charge in [0, 0.05) is 0 Å². The zero-order chi connectivity index (χ0) is 17.7. The quantitative estimate of drug-likeness (QED) is 0.428. The van der Waals surface area contributed by atoms with Crippen LogP contribution in [0.1, 0.15) is 22.3 Å². The Labute approximate surface area is 154 Å². The molecule has 2 N–H and O–H groups in total. The van der Waals surface area contributed by atoms with Gasteiger partial charge in [0.05, 0.1) is 23.3 Å². The number of halogens is 1. The molecule has 0 fully saturated rings. The number of amides is 1. The van der Waals surface area contributed by atoms with Crippen LogP contribution in [0.2, 0.25) is 0 Å². The predicted octanol–water partition coefficient (Wildman–Crippen LogP) is 3.32. The third kappa shape index (κ3) is 4.70. The highest BCUT2D eigenvalue weighted by Gasteiger charge is 2.08. The van der Waals surface area contributed by atoms with Gasteiger partial charge in [0.1, 0.15) is 0 Å². The molecule has 0 saturated carbocycles. The molecule has 2 rings (SSSR count). The molecule has 0 bridgehead atoms. The normalized spacial score (nSPS) is 10.8. The Morgan fingerprint density at radius 3 is 2.71 bits per heavy atom. The molecule has 0 saturated heterocycles. The van der Waals surface area contributed by atoms with E-state index in [2.05, 4.69) is 10.5 Å². The zero-order valence-corrected chi connectivity index (χ0v) is 15.9. The Balaban J connectivity index is 1.99. The molecule has 0 heterocycles. The van der Waals surface area contributed by atoms with Gasteiger partial charge in [-0.1, -0.05) is 18.2 Å². The van der Waals surface area contributed by atoms with Crippen LogP contribution in [0, 0.1) is 17.4 Å². The number of nitrogens with zero attached hydrogens (tertiary/aromatic N) is 1. The first-order chi connectivity index (χ1) is 11.4. The van der Waals surface area contributed by atoms with Crippen LogP contribution in [0.4, 0.5) is 0 Å². The summed E-state index contributed by atoms with van der Waals surface area (Å²) in [5, 5.41) is 13.8. The monoisotopic (exact) mass is 438 g/mol. The van der Waals surface area contributed by atoms with Crippen molar-refractivity contribution in [2.75, 3.05) is 7.11 Å². The fourth-order valence-electron chi connectivity index (χ4n) is 2.14. The highest BCUT2D eigenvalue weighted by molar-refractivity contribution is 14.1. The Hall–Kier alpha value is -2.09. The second kappa shape index (κ2) is 8.14. The molecule has 0 aromatic heterocycles. The zero-order valence-electron chi connectivity index (χ0n) is 13.8. The van der Waals surface area contributed by atoms with E-state index in [0.717, 1.165) is 16.7 Å². The van der Waals surface area contributed by atoms with E-state index in [1.54, 1.807) is 12.1 Å². The number of nitrogens with one attached hydrogen (secondary N) is 1. The summed E-state index contributed by atoms with van der Waals surface area (Å²) in [7, 11) is 1.48. The van der Waals surface area contributed by atoms with Crippen molar-refractivity contribution in [2.45, 2.75) is 20.3 Å². The lowest BCUT2D eigenvalue weighted by molar-refractivity contribution is -0.120. The molecule has 24 heavy (non-hydrogen) atoms. The van der Waals surface area contributed by atoms with Crippen LogP contribution in [-0.4, -0.2) is 24.3 Å². The van der Waals surface area contributed by atoms with E-state index < -0.39 is 0 Å². The smallest absolute Gasteiger partial charge is 0.244 e. The summed E-state index contributed by atoms with van der Waals surface area (Å²) in [5.74, 6) is 0.272. The molecule has 0 aliphatic heterocycles. The highest BCUT2D eigenvalue weighted by atomic mass is 127. The summed E-state index contributed by atoms with van der Waals surface area (Å²) in [6, 6.07) is 9.35. The number of benzene rings is 2. The van der Waals surface area contributed by atoms with E-state index >= 15 is 0 Å². The molecule has 6 heteroatoms. The van der Waals surface area contributed by atoms with Crippen LogP contribution >= 0.6 is 22.6 Å². The average Bonchev–Trinajstić information content (AvgIpc) is 2.54. The number of hydrogen-bond acceptors (Lipinski definition) is 4. The van der Waals surface area contributed by atoms with Crippen LogP contribution in [0.5, 0.6) is 11.5 Å². The summed E-state index contributed by atoms with van der Waals surface area (Å²) >= 11 is 2.01. The van der Waals surface area contributed by atoms with Crippen LogP contribution in [0.25, 0.3) is 0 Å². The van der Waals surface area contributed by atoms with Crippen molar-refractivity contribution in [2.24, 2.45) is 5.10 Å². The SMILES string of the molecule is COc1cc(/C=N/NC(=O)Cc2ccc(C)c(C)c2)cc(I)c1O. The largest absolute Gasteiger partial charge is 0.504 e. The van der Waals surface area contributed by atoms with Crippen molar-refractivity contribution in [1.82, 2.24) is 5.43 Å². The number of phenolic OH excluding ortho intramolecular Hbond substituents is 1. The van der Waals surface area contributed by atoms with Gasteiger partial charge in [0.25, 0.3) is 0 Å². The van der Waals surface area contributed by atoms with E-state index in [9.17, 15) is 9.90 Å². The Kier molecular flexibility index (Phi) is 6.19. The first-order valence-corrected chi connectivity index (χ1v) is 8.43. The van der Waals surface area contributed by atoms with E-state index in [1.807, 2.05) is 54.6 Å². The van der Waals surface area contributed by atoms with Crippen LogP contribution in [0.3, 0.4) is 0 Å². The van der Waals surface area contributed by atoms with Crippen molar-refractivity contribution in [3.8, 4) is 11.5 Å². The molecule has 0 aliphatic rings. The van der Waals surface area contributed by atoms with Gasteiger partial charge in [-0.3, -0.25) is 4.79 Å². The molecule has 5 nitrogen and oxygen atoms in total. The first kappa shape index (κ1) is 18.3. The van der Waals surface area contributed by atoms with Gasteiger partial charge in [-0.05, 0) is 70.8 Å². The Morgan fingerprint density at radius 1 is 1.29 bits per heavy atom. The molecule has 126 valence electrons. The number of carbonyl (C=O) groups excluding carboxylic acids is 1. The fourth-order valence-corrected chi connectivity index (χ4v) is 2.77. The van der Waals surface area contributed by atoms with Gasteiger partial charge < -0.3 is 9.84 Å². The molecule has 0 aliphatic carbocycles. The number of methoxy groups -OCH3 is 1. The third-order valence-electron chi connectivity index (χ3n) is 3.61. The summed E-state index contributed by atoms with van der Waals surface area (Å²) < 4.78 is 5.74. The second-order valence-corrected chi connectivity index (χ2v) is 6.60. The van der Waals surface area contributed by atoms with E-state index in [-0.39, 0.29) is 18.1 Å². The maximum Gasteiger partial charge on any atom is 0.244 e. The lowest BCUT2D eigenvalue weighted by atomic mass is 10.0. The van der Waals surface area contributed by atoms with Crippen LogP contribution < -0.4 is 10.2 Å². The summed E-state index contributed by atoms with van der Waals surface area (Å²) in [5.41, 5.74) is 6.55. The van der Waals surface area contributed by atoms with Gasteiger partial charge in [-0.2, -0.15) is 5.10 Å². The molecule has 0 unspecified atom stereocenters. The van der Waals surface area contributed by atoms with E-state index in [0.29, 0.717) is 9.32 Å². The maximum atomic E-state index is 12.0. The highest BCUT2D eigenvalue weighted by Crippen LogP contribution is 2.31. The molecule has 0 spiro atoms. The standard InChI is InChI=1S/C18H19IN2O3/c1-11-4-5-13(6-12(11)2)9-17(22)21-20-10-14-7-15(19)18(23)16(8-14)24-3/h4-8,10,23H,9H2,1-3H3,(H,21,22)/b20-10+. The topological polar surface area (TPSA) is 70.9 Å². The maximum absolute atomic E-state index is 12.0. The number of aromatic hydroxyl groups is 1. The molecule has 1 amide bonds. The van der Waals surface area contributed by atoms with Crippen molar-refractivity contribution < 1.29 is 14.6 Å². The van der Waals surface area contributed by atoms with Crippen molar-refractivity contribution >= 4 is 34.7 Å². The molecule has 0 radical (unpaired) electrons. The lowest BCUT2D eigenvalue weighted by Crippen LogP contribution is -2.19. The molecule has 0 atom stereocenters. The molecule has 2 aromatic carbocycles. The predicted molar refractivity (Wildman–Crippen MR) is 103 cm³/mol. The van der Waals surface area contributed by atoms with Crippen molar-refractivity contribution in [3.63, 3.8) is 0 Å². The van der Waals surface area contributed by atoms with Gasteiger partial charge >= 0.3 is 0 Å². The van der Waals surface area contributed by atoms with Crippen LogP contribution in [0.15, 0.2) is 35.4 Å². The number of hydrogen-bond donors (Lipinski definition) is 2. The van der Waals surface area contributed by atoms with E-state index in [1.165, 1.54) is 18.9 Å². The number of rotatable bonds is 5. The Bertz CT molecular complexity index is 788. The fraction of sp³-hybridized carbons (Fsp3) is 0.222. The van der Waals surface area contributed by atoms with Crippen molar-refractivity contribution in [1.29, 1.82) is 0 Å². The summed E-state index contributed by atoms with van der Waals surface area (Å²) in [6.07, 6.45) is 1.79. The van der Waals surface area contributed by atoms with Gasteiger partial charge in [-0.25, -0.2) is 5.43 Å². The molecule has 2 aromatic rings. The average molecular weight is 438 g/mol. The molecular weight excluding hydrogens is 419 g/mol. The number of carbonyl (C=O) groups is 1. The second-order valence-electron chi connectivity index (χ2n) is 5.44. The number of hydrazone groups is 1.